The summed E-state index contributed by atoms with van der Waals surface area (Å²) in [4.78, 5) is 18.1. The minimum absolute atomic E-state index is 0.0729. The third-order valence-electron chi connectivity index (χ3n) is 6.14. The van der Waals surface area contributed by atoms with Crippen LogP contribution in [0.4, 0.5) is 0 Å². The first-order chi connectivity index (χ1) is 14.6. The number of thioether (sulfide) groups is 1. The highest BCUT2D eigenvalue weighted by molar-refractivity contribution is 7.98. The number of imidazole rings is 1. The molecular formula is C23H30N4O2S. The van der Waals surface area contributed by atoms with Crippen LogP contribution >= 0.6 is 11.8 Å². The van der Waals surface area contributed by atoms with E-state index in [1.807, 2.05) is 37.4 Å². The molecule has 1 amide bonds. The molecule has 7 heteroatoms. The van der Waals surface area contributed by atoms with E-state index in [1.165, 1.54) is 0 Å². The van der Waals surface area contributed by atoms with Crippen LogP contribution in [-0.2, 0) is 22.1 Å². The van der Waals surface area contributed by atoms with Crippen LogP contribution in [0, 0.1) is 0 Å². The molecular weight excluding hydrogens is 396 g/mol. The van der Waals surface area contributed by atoms with Crippen molar-refractivity contribution in [2.75, 3.05) is 25.2 Å². The zero-order valence-electron chi connectivity index (χ0n) is 17.7. The number of benzene rings is 1. The first-order valence-electron chi connectivity index (χ1n) is 10.5. The molecule has 1 N–H and O–H groups in total. The summed E-state index contributed by atoms with van der Waals surface area (Å²) in [7, 11) is 2.03. The van der Waals surface area contributed by atoms with Crippen LogP contribution in [0.2, 0.25) is 0 Å². The van der Waals surface area contributed by atoms with Gasteiger partial charge in [0, 0.05) is 32.7 Å². The maximum atomic E-state index is 13.3. The number of aromatic nitrogens is 3. The highest BCUT2D eigenvalue weighted by atomic mass is 32.2. The largest absolute Gasteiger partial charge is 0.381 e. The summed E-state index contributed by atoms with van der Waals surface area (Å²) in [6, 6.07) is 12.1. The Balaban J connectivity index is 1.56. The Morgan fingerprint density at radius 1 is 1.23 bits per heavy atom. The Morgan fingerprint density at radius 2 is 1.97 bits per heavy atom. The quantitative estimate of drug-likeness (QED) is 0.594. The van der Waals surface area contributed by atoms with Crippen molar-refractivity contribution in [3.8, 4) is 0 Å². The number of para-hydroxylation sites is 2. The van der Waals surface area contributed by atoms with E-state index in [0.717, 1.165) is 41.9 Å². The minimum atomic E-state index is -0.220. The fourth-order valence-electron chi connectivity index (χ4n) is 4.45. The van der Waals surface area contributed by atoms with Crippen LogP contribution in [-0.4, -0.2) is 45.2 Å². The van der Waals surface area contributed by atoms with Gasteiger partial charge in [0.15, 0.2) is 0 Å². The lowest BCUT2D eigenvalue weighted by atomic mass is 9.85. The predicted octanol–water partition coefficient (Wildman–Crippen LogP) is 3.88. The molecule has 4 rings (SSSR count). The topological polar surface area (TPSA) is 61.1 Å². The fourth-order valence-corrected chi connectivity index (χ4v) is 4.92. The van der Waals surface area contributed by atoms with Crippen LogP contribution in [0.25, 0.3) is 11.0 Å². The molecule has 0 bridgehead atoms. The Hall–Kier alpha value is -2.25. The summed E-state index contributed by atoms with van der Waals surface area (Å²) in [6.07, 6.45) is 9.21. The molecule has 0 radical (unpaired) electrons. The maximum Gasteiger partial charge on any atom is 0.222 e. The average molecular weight is 427 g/mol. The molecule has 1 unspecified atom stereocenters. The maximum absolute atomic E-state index is 13.3. The lowest BCUT2D eigenvalue weighted by Gasteiger charge is -2.38. The molecule has 3 heterocycles. The minimum Gasteiger partial charge on any atom is -0.381 e. The molecule has 6 nitrogen and oxygen atoms in total. The summed E-state index contributed by atoms with van der Waals surface area (Å²) in [5.74, 6) is 1.95. The van der Waals surface area contributed by atoms with Gasteiger partial charge in [-0.05, 0) is 55.5 Å². The molecule has 1 atom stereocenters. The van der Waals surface area contributed by atoms with Gasteiger partial charge in [-0.1, -0.05) is 12.1 Å². The number of aryl methyl sites for hydroxylation is 1. The van der Waals surface area contributed by atoms with Crippen molar-refractivity contribution in [3.63, 3.8) is 0 Å². The highest BCUT2D eigenvalue weighted by Gasteiger charge is 2.36. The number of rotatable bonds is 8. The van der Waals surface area contributed by atoms with Crippen molar-refractivity contribution in [1.29, 1.82) is 0 Å². The molecule has 30 heavy (non-hydrogen) atoms. The molecule has 0 aliphatic carbocycles. The van der Waals surface area contributed by atoms with Crippen LogP contribution in [0.15, 0.2) is 48.8 Å². The number of nitrogens with zero attached hydrogens (tertiary/aromatic N) is 3. The van der Waals surface area contributed by atoms with Crippen molar-refractivity contribution < 1.29 is 9.53 Å². The number of hydrogen-bond donors (Lipinski definition) is 1. The number of carbonyl (C=O) groups excluding carboxylic acids is 1. The smallest absolute Gasteiger partial charge is 0.222 e. The molecule has 0 spiro atoms. The number of ether oxygens (including phenoxy) is 1. The SMILES string of the molecule is CSCCC(NC(=O)CC1(n2cccc2)CCOCC1)c1nc2ccccc2n1C. The van der Waals surface area contributed by atoms with Gasteiger partial charge in [0.1, 0.15) is 5.82 Å². The van der Waals surface area contributed by atoms with Crippen molar-refractivity contribution in [2.45, 2.75) is 37.3 Å². The van der Waals surface area contributed by atoms with Crippen molar-refractivity contribution >= 4 is 28.7 Å². The van der Waals surface area contributed by atoms with E-state index in [4.69, 9.17) is 9.72 Å². The number of amides is 1. The number of fused-ring (bicyclic) bond motifs is 1. The Labute approximate surface area is 182 Å². The van der Waals surface area contributed by atoms with E-state index in [-0.39, 0.29) is 17.5 Å². The number of carbonyl (C=O) groups is 1. The molecule has 0 saturated carbocycles. The van der Waals surface area contributed by atoms with Gasteiger partial charge in [0.05, 0.1) is 29.0 Å². The lowest BCUT2D eigenvalue weighted by molar-refractivity contribution is -0.125. The molecule has 160 valence electrons. The van der Waals surface area contributed by atoms with Gasteiger partial charge in [-0.2, -0.15) is 11.8 Å². The Morgan fingerprint density at radius 3 is 2.67 bits per heavy atom. The third kappa shape index (κ3) is 4.27. The van der Waals surface area contributed by atoms with Crippen molar-refractivity contribution in [3.05, 3.63) is 54.6 Å². The summed E-state index contributed by atoms with van der Waals surface area (Å²) in [5, 5.41) is 3.31. The highest BCUT2D eigenvalue weighted by Crippen LogP contribution is 2.33. The molecule has 1 aromatic carbocycles. The van der Waals surface area contributed by atoms with E-state index in [9.17, 15) is 4.79 Å². The zero-order chi connectivity index (χ0) is 21.0. The zero-order valence-corrected chi connectivity index (χ0v) is 18.5. The second kappa shape index (κ2) is 9.27. The second-order valence-corrected chi connectivity index (χ2v) is 9.01. The van der Waals surface area contributed by atoms with Crippen molar-refractivity contribution in [1.82, 2.24) is 19.4 Å². The summed E-state index contributed by atoms with van der Waals surface area (Å²) in [5.41, 5.74) is 1.83. The standard InChI is InChI=1S/C23H30N4O2S/c1-26-20-8-4-3-7-18(20)25-22(26)19(9-16-30-2)24-21(28)17-23(10-14-29-15-11-23)27-12-5-6-13-27/h3-8,12-13,19H,9-11,14-17H2,1-2H3,(H,24,28). The van der Waals surface area contributed by atoms with Gasteiger partial charge >= 0.3 is 0 Å². The monoisotopic (exact) mass is 426 g/mol. The normalized spacial score (nSPS) is 17.1. The van der Waals surface area contributed by atoms with E-state index >= 15 is 0 Å². The van der Waals surface area contributed by atoms with Crippen LogP contribution in [0.3, 0.4) is 0 Å². The van der Waals surface area contributed by atoms with Gasteiger partial charge in [-0.25, -0.2) is 4.98 Å². The second-order valence-electron chi connectivity index (χ2n) is 8.02. The first kappa shape index (κ1) is 21.0. The van der Waals surface area contributed by atoms with E-state index < -0.39 is 0 Å². The molecule has 1 aliphatic heterocycles. The van der Waals surface area contributed by atoms with Gasteiger partial charge in [0.2, 0.25) is 5.91 Å². The summed E-state index contributed by atoms with van der Waals surface area (Å²) in [6.45, 7) is 1.37. The van der Waals surface area contributed by atoms with Crippen LogP contribution < -0.4 is 5.32 Å². The van der Waals surface area contributed by atoms with E-state index in [0.29, 0.717) is 19.6 Å². The number of hydrogen-bond acceptors (Lipinski definition) is 4. The van der Waals surface area contributed by atoms with Crippen LogP contribution in [0.1, 0.15) is 37.5 Å². The number of nitrogens with one attached hydrogen (secondary N) is 1. The van der Waals surface area contributed by atoms with E-state index in [1.54, 1.807) is 11.8 Å². The average Bonchev–Trinajstić information content (AvgIpc) is 3.41. The fraction of sp³-hybridized carbons (Fsp3) is 0.478. The summed E-state index contributed by atoms with van der Waals surface area (Å²) >= 11 is 1.79. The molecule has 1 aliphatic rings. The van der Waals surface area contributed by atoms with Gasteiger partial charge in [0.25, 0.3) is 0 Å². The van der Waals surface area contributed by atoms with Crippen LogP contribution in [0.5, 0.6) is 0 Å². The van der Waals surface area contributed by atoms with Gasteiger partial charge < -0.3 is 19.2 Å². The molecule has 3 aromatic rings. The van der Waals surface area contributed by atoms with Gasteiger partial charge in [-0.15, -0.1) is 0 Å². The van der Waals surface area contributed by atoms with Crippen molar-refractivity contribution in [2.24, 2.45) is 7.05 Å². The predicted molar refractivity (Wildman–Crippen MR) is 122 cm³/mol. The Bertz CT molecular complexity index is 976. The lowest BCUT2D eigenvalue weighted by Crippen LogP contribution is -2.44. The van der Waals surface area contributed by atoms with Gasteiger partial charge in [-0.3, -0.25) is 4.79 Å². The van der Waals surface area contributed by atoms with E-state index in [2.05, 4.69) is 39.2 Å². The summed E-state index contributed by atoms with van der Waals surface area (Å²) < 4.78 is 9.90. The Kier molecular flexibility index (Phi) is 6.49. The molecule has 1 fully saturated rings. The molecule has 1 saturated heterocycles. The first-order valence-corrected chi connectivity index (χ1v) is 11.9. The third-order valence-corrected chi connectivity index (χ3v) is 6.79. The molecule has 2 aromatic heterocycles.